The summed E-state index contributed by atoms with van der Waals surface area (Å²) in [7, 11) is 0. The van der Waals surface area contributed by atoms with Crippen molar-refractivity contribution in [2.45, 2.75) is 76.3 Å². The maximum Gasteiger partial charge on any atom is 0.156 e. The third-order valence-corrected chi connectivity index (χ3v) is 8.57. The molecular weight excluding hydrogens is 316 g/mol. The lowest BCUT2D eigenvalue weighted by atomic mass is 9.47. The second-order valence-corrected chi connectivity index (χ2v) is 9.42. The minimum atomic E-state index is -1.45. The molecule has 4 N–H and O–H groups in total. The van der Waals surface area contributed by atoms with E-state index in [-0.39, 0.29) is 11.3 Å². The van der Waals surface area contributed by atoms with Gasteiger partial charge in [0.15, 0.2) is 5.60 Å². The molecule has 4 aliphatic carbocycles. The summed E-state index contributed by atoms with van der Waals surface area (Å²) in [5.41, 5.74) is -0.738. The summed E-state index contributed by atoms with van der Waals surface area (Å²) < 4.78 is 0. The molecule has 0 aromatic rings. The van der Waals surface area contributed by atoms with Gasteiger partial charge in [-0.2, -0.15) is 0 Å². The molecule has 4 aliphatic rings. The largest absolute Gasteiger partial charge is 0.390 e. The summed E-state index contributed by atoms with van der Waals surface area (Å²) in [6.07, 6.45) is 10.0. The van der Waals surface area contributed by atoms with Gasteiger partial charge in [-0.3, -0.25) is 0 Å². The van der Waals surface area contributed by atoms with Crippen LogP contribution in [0.1, 0.15) is 52.4 Å². The molecule has 0 radical (unpaired) electrons. The van der Waals surface area contributed by atoms with E-state index in [2.05, 4.69) is 18.9 Å². The molecule has 0 aromatic carbocycles. The molecule has 9 atom stereocenters. The third kappa shape index (κ3) is 2.04. The molecule has 25 heavy (non-hydrogen) atoms. The van der Waals surface area contributed by atoms with Crippen LogP contribution in [-0.2, 0) is 0 Å². The van der Waals surface area contributed by atoms with E-state index >= 15 is 0 Å². The third-order valence-electron chi connectivity index (χ3n) is 8.57. The number of aliphatic hydroxyl groups excluding tert-OH is 3. The van der Waals surface area contributed by atoms with Crippen LogP contribution < -0.4 is 0 Å². The van der Waals surface area contributed by atoms with Crippen LogP contribution in [0.15, 0.2) is 11.6 Å². The Hall–Kier alpha value is -0.860. The monoisotopic (exact) mass is 346 g/mol. The molecular formula is C21H30O4. The van der Waals surface area contributed by atoms with Gasteiger partial charge in [-0.25, -0.2) is 0 Å². The average Bonchev–Trinajstić information content (AvgIpc) is 2.77. The molecule has 0 heterocycles. The summed E-state index contributed by atoms with van der Waals surface area (Å²) in [4.78, 5) is 0. The first-order valence-corrected chi connectivity index (χ1v) is 9.61. The Morgan fingerprint density at radius 1 is 1.16 bits per heavy atom. The second kappa shape index (κ2) is 5.33. The predicted molar refractivity (Wildman–Crippen MR) is 94.3 cm³/mol. The molecule has 4 rings (SSSR count). The number of allylic oxidation sites excluding steroid dienone is 1. The highest BCUT2D eigenvalue weighted by molar-refractivity contribution is 5.31. The van der Waals surface area contributed by atoms with E-state index in [9.17, 15) is 20.4 Å². The van der Waals surface area contributed by atoms with Gasteiger partial charge in [0.2, 0.25) is 0 Å². The van der Waals surface area contributed by atoms with E-state index in [4.69, 9.17) is 6.42 Å². The fourth-order valence-electron chi connectivity index (χ4n) is 6.97. The molecule has 4 heteroatoms. The van der Waals surface area contributed by atoms with Crippen LogP contribution in [0.3, 0.4) is 0 Å². The smallest absolute Gasteiger partial charge is 0.156 e. The first-order chi connectivity index (χ1) is 11.7. The van der Waals surface area contributed by atoms with Crippen LogP contribution >= 0.6 is 0 Å². The molecule has 138 valence electrons. The van der Waals surface area contributed by atoms with E-state index in [0.29, 0.717) is 31.1 Å². The lowest BCUT2D eigenvalue weighted by molar-refractivity contribution is -0.125. The molecule has 0 spiro atoms. The van der Waals surface area contributed by atoms with Gasteiger partial charge >= 0.3 is 0 Å². The molecule has 0 bridgehead atoms. The Kier molecular flexibility index (Phi) is 3.74. The van der Waals surface area contributed by atoms with E-state index < -0.39 is 29.3 Å². The summed E-state index contributed by atoms with van der Waals surface area (Å²) >= 11 is 0. The number of hydrogen-bond acceptors (Lipinski definition) is 4. The fourth-order valence-corrected chi connectivity index (χ4v) is 6.97. The fraction of sp³-hybridized carbons (Fsp3) is 0.810. The van der Waals surface area contributed by atoms with Crippen molar-refractivity contribution in [2.24, 2.45) is 28.6 Å². The highest BCUT2D eigenvalue weighted by atomic mass is 16.3. The molecule has 0 amide bonds. The SMILES string of the molecule is C#C[C@]1(O)[C@H](O)C[C@H]2[C@@H]3CC=C4C[C@@H](O)[C@@H](O)C[C@]4(C)[C@H]3CC[C@@]21C. The zero-order valence-electron chi connectivity index (χ0n) is 15.2. The van der Waals surface area contributed by atoms with Crippen LogP contribution in [0.5, 0.6) is 0 Å². The van der Waals surface area contributed by atoms with Gasteiger partial charge in [-0.15, -0.1) is 6.42 Å². The maximum absolute atomic E-state index is 11.0. The number of rotatable bonds is 0. The van der Waals surface area contributed by atoms with E-state index in [1.54, 1.807) is 0 Å². The Morgan fingerprint density at radius 3 is 2.56 bits per heavy atom. The molecule has 0 aromatic heterocycles. The van der Waals surface area contributed by atoms with Gasteiger partial charge in [0.05, 0.1) is 18.3 Å². The van der Waals surface area contributed by atoms with Crippen molar-refractivity contribution in [1.29, 1.82) is 0 Å². The highest BCUT2D eigenvalue weighted by Crippen LogP contribution is 2.66. The first-order valence-electron chi connectivity index (χ1n) is 9.61. The number of hydrogen-bond donors (Lipinski definition) is 4. The van der Waals surface area contributed by atoms with Crippen molar-refractivity contribution in [3.05, 3.63) is 11.6 Å². The van der Waals surface area contributed by atoms with Crippen LogP contribution in [0.2, 0.25) is 0 Å². The van der Waals surface area contributed by atoms with Crippen LogP contribution in [-0.4, -0.2) is 44.3 Å². The molecule has 0 aliphatic heterocycles. The Bertz CT molecular complexity index is 651. The van der Waals surface area contributed by atoms with Gasteiger partial charge in [0, 0.05) is 5.41 Å². The highest BCUT2D eigenvalue weighted by Gasteiger charge is 2.67. The van der Waals surface area contributed by atoms with Gasteiger partial charge in [0.1, 0.15) is 0 Å². The topological polar surface area (TPSA) is 80.9 Å². The standard InChI is InChI=1S/C21H30O4/c1-4-21(25)18(24)10-15-13-6-5-12-9-16(22)17(23)11-19(12,2)14(13)7-8-20(15,21)3/h1,5,13-18,22-25H,6-11H2,2-3H3/t13-,14+,15+,16-,17+,18-,19+,20+,21+/m1/s1. The predicted octanol–water partition coefficient (Wildman–Crippen LogP) is 1.62. The van der Waals surface area contributed by atoms with E-state index in [0.717, 1.165) is 19.3 Å². The van der Waals surface area contributed by atoms with Crippen LogP contribution in [0.25, 0.3) is 0 Å². The Balaban J connectivity index is 1.72. The molecule has 0 unspecified atom stereocenters. The van der Waals surface area contributed by atoms with Crippen molar-refractivity contribution >= 4 is 0 Å². The van der Waals surface area contributed by atoms with Gasteiger partial charge in [-0.1, -0.05) is 31.4 Å². The van der Waals surface area contributed by atoms with E-state index in [1.807, 2.05) is 6.92 Å². The van der Waals surface area contributed by atoms with Crippen molar-refractivity contribution in [1.82, 2.24) is 0 Å². The number of fused-ring (bicyclic) bond motifs is 5. The molecule has 0 saturated heterocycles. The van der Waals surface area contributed by atoms with Crippen molar-refractivity contribution in [2.75, 3.05) is 0 Å². The quantitative estimate of drug-likeness (QED) is 0.397. The minimum Gasteiger partial charge on any atom is -0.390 e. The van der Waals surface area contributed by atoms with Crippen molar-refractivity contribution in [3.8, 4) is 12.3 Å². The van der Waals surface area contributed by atoms with Crippen LogP contribution in [0, 0.1) is 40.9 Å². The van der Waals surface area contributed by atoms with Crippen molar-refractivity contribution < 1.29 is 20.4 Å². The minimum absolute atomic E-state index is 0.106. The van der Waals surface area contributed by atoms with E-state index in [1.165, 1.54) is 5.57 Å². The molecule has 4 nitrogen and oxygen atoms in total. The number of aliphatic hydroxyl groups is 4. The zero-order chi connectivity index (χ0) is 18.2. The zero-order valence-corrected chi connectivity index (χ0v) is 15.2. The van der Waals surface area contributed by atoms with Gasteiger partial charge < -0.3 is 20.4 Å². The summed E-state index contributed by atoms with van der Waals surface area (Å²) in [5.74, 6) is 3.46. The maximum atomic E-state index is 11.0. The lowest BCUT2D eigenvalue weighted by Gasteiger charge is -2.58. The summed E-state index contributed by atoms with van der Waals surface area (Å²) in [6, 6.07) is 0. The van der Waals surface area contributed by atoms with Crippen LogP contribution in [0.4, 0.5) is 0 Å². The summed E-state index contributed by atoms with van der Waals surface area (Å²) in [6.45, 7) is 4.27. The van der Waals surface area contributed by atoms with Gasteiger partial charge in [-0.05, 0) is 61.7 Å². The lowest BCUT2D eigenvalue weighted by Crippen LogP contribution is -2.56. The normalized spacial score (nSPS) is 57.7. The number of terminal acetylenes is 1. The molecule has 3 saturated carbocycles. The summed E-state index contributed by atoms with van der Waals surface area (Å²) in [5, 5.41) is 41.9. The van der Waals surface area contributed by atoms with Gasteiger partial charge in [0.25, 0.3) is 0 Å². The van der Waals surface area contributed by atoms with Crippen molar-refractivity contribution in [3.63, 3.8) is 0 Å². The molecule has 3 fully saturated rings. The first kappa shape index (κ1) is 17.5. The second-order valence-electron chi connectivity index (χ2n) is 9.42. The average molecular weight is 346 g/mol. The Labute approximate surface area is 150 Å². The Morgan fingerprint density at radius 2 is 1.88 bits per heavy atom.